The van der Waals surface area contributed by atoms with Crippen molar-refractivity contribution in [2.75, 3.05) is 23.3 Å². The normalized spacial score (nSPS) is 18.0. The lowest BCUT2D eigenvalue weighted by Crippen LogP contribution is -2.39. The van der Waals surface area contributed by atoms with Gasteiger partial charge >= 0.3 is 6.18 Å². The maximum Gasteiger partial charge on any atom is 0.391 e. The molecule has 4 atom stereocenters. The highest BCUT2D eigenvalue weighted by Gasteiger charge is 2.41. The number of carbonyl (C=O) groups is 2. The van der Waals surface area contributed by atoms with E-state index in [4.69, 9.17) is 9.97 Å². The number of piperidine rings is 1. The maximum atomic E-state index is 14.5. The average Bonchev–Trinajstić information content (AvgIpc) is 4.15. The first-order chi connectivity index (χ1) is 31.8. The van der Waals surface area contributed by atoms with Gasteiger partial charge in [0, 0.05) is 41.3 Å². The summed E-state index contributed by atoms with van der Waals surface area (Å²) in [5.41, 5.74) is 5.07. The summed E-state index contributed by atoms with van der Waals surface area (Å²) in [7, 11) is 0. The van der Waals surface area contributed by atoms with Crippen molar-refractivity contribution in [2.24, 2.45) is 11.8 Å². The molecule has 10 rings (SSSR count). The predicted octanol–water partition coefficient (Wildman–Crippen LogP) is 8.70. The molecule has 0 spiro atoms. The molecule has 2 amide bonds. The van der Waals surface area contributed by atoms with Gasteiger partial charge in [-0.05, 0) is 102 Å². The quantitative estimate of drug-likeness (QED) is 0.0748. The first kappa shape index (κ1) is 43.3. The van der Waals surface area contributed by atoms with Crippen LogP contribution in [0.25, 0.3) is 32.4 Å². The number of hydrogen-bond acceptors (Lipinski definition) is 12. The number of nitrogens with one attached hydrogen (secondary N) is 5. The van der Waals surface area contributed by atoms with Crippen LogP contribution in [0, 0.1) is 25.7 Å². The van der Waals surface area contributed by atoms with Crippen LogP contribution in [0.4, 0.5) is 24.5 Å². The van der Waals surface area contributed by atoms with Crippen molar-refractivity contribution < 1.29 is 22.8 Å². The Labute approximate surface area is 384 Å². The lowest BCUT2D eigenvalue weighted by atomic mass is 9.96. The molecule has 1 saturated carbocycles. The van der Waals surface area contributed by atoms with Gasteiger partial charge in [0.2, 0.25) is 0 Å². The van der Waals surface area contributed by atoms with E-state index in [1.807, 2.05) is 58.1 Å². The fraction of sp³-hybridized carbons (Fsp3) is 0.378. The van der Waals surface area contributed by atoms with Crippen molar-refractivity contribution in [3.63, 3.8) is 0 Å². The minimum absolute atomic E-state index is 0.0347. The van der Waals surface area contributed by atoms with Crippen LogP contribution in [0.5, 0.6) is 0 Å². The third-order valence-corrected chi connectivity index (χ3v) is 14.8. The largest absolute Gasteiger partial charge is 0.391 e. The predicted molar refractivity (Wildman–Crippen MR) is 246 cm³/mol. The van der Waals surface area contributed by atoms with Crippen molar-refractivity contribution in [1.29, 1.82) is 0 Å². The number of nitrogens with zero attached hydrogens (tertiary/aromatic N) is 9. The summed E-state index contributed by atoms with van der Waals surface area (Å²) in [6.07, 6.45) is 8.67. The summed E-state index contributed by atoms with van der Waals surface area (Å²) in [4.78, 5) is 52.7. The second-order valence-electron chi connectivity index (χ2n) is 17.3. The van der Waals surface area contributed by atoms with Gasteiger partial charge in [0.1, 0.15) is 24.3 Å². The Balaban J connectivity index is 0.895. The molecule has 21 heteroatoms. The number of amides is 2. The van der Waals surface area contributed by atoms with Crippen LogP contribution < -0.4 is 20.9 Å². The SMILES string of the molecule is Cc1ccc(-c2cnc3c(NC4CCC(CC(NC(=O)c5cc(N6CCC(C(F)(F)F)CC6)c6ncc(-c7ccc(C)s7)n6c5)c5ncn[nH]5)C4)cc(C(=O)NC(C)c4ncn[nH]4)cn23)s1. The molecule has 66 heavy (non-hydrogen) atoms. The molecule has 342 valence electrons. The van der Waals surface area contributed by atoms with Crippen LogP contribution in [0.15, 0.2) is 73.8 Å². The van der Waals surface area contributed by atoms with Gasteiger partial charge in [0.25, 0.3) is 11.8 Å². The number of pyridine rings is 2. The highest BCUT2D eigenvalue weighted by atomic mass is 32.1. The van der Waals surface area contributed by atoms with Crippen LogP contribution in [-0.2, 0) is 0 Å². The Bertz CT molecular complexity index is 3000. The van der Waals surface area contributed by atoms with E-state index in [-0.39, 0.29) is 49.7 Å². The molecule has 2 fully saturated rings. The molecule has 0 bridgehead atoms. The molecule has 8 aromatic heterocycles. The summed E-state index contributed by atoms with van der Waals surface area (Å²) in [5, 5.41) is 23.8. The number of carbonyl (C=O) groups excluding carboxylic acids is 2. The third-order valence-electron chi connectivity index (χ3n) is 12.7. The Morgan fingerprint density at radius 1 is 0.788 bits per heavy atom. The lowest BCUT2D eigenvalue weighted by Gasteiger charge is -2.34. The first-order valence-electron chi connectivity index (χ1n) is 21.9. The lowest BCUT2D eigenvalue weighted by molar-refractivity contribution is -0.179. The van der Waals surface area contributed by atoms with Crippen molar-refractivity contribution in [3.05, 3.63) is 106 Å². The first-order valence-corrected chi connectivity index (χ1v) is 23.5. The monoisotopic (exact) mass is 936 g/mol. The minimum Gasteiger partial charge on any atom is -0.379 e. The molecule has 5 N–H and O–H groups in total. The number of fused-ring (bicyclic) bond motifs is 2. The van der Waals surface area contributed by atoms with Crippen molar-refractivity contribution in [2.45, 2.75) is 83.6 Å². The molecule has 2 aliphatic rings. The van der Waals surface area contributed by atoms with Gasteiger partial charge < -0.3 is 20.9 Å². The number of aromatic amines is 2. The molecule has 16 nitrogen and oxygen atoms in total. The zero-order valence-electron chi connectivity index (χ0n) is 36.3. The number of alkyl halides is 3. The van der Waals surface area contributed by atoms with Crippen LogP contribution in [0.3, 0.4) is 0 Å². The summed E-state index contributed by atoms with van der Waals surface area (Å²) >= 11 is 3.25. The number of thiophene rings is 2. The fourth-order valence-corrected chi connectivity index (χ4v) is 11.1. The molecule has 1 aliphatic heterocycles. The van der Waals surface area contributed by atoms with Gasteiger partial charge in [-0.15, -0.1) is 22.7 Å². The second-order valence-corrected chi connectivity index (χ2v) is 19.8. The van der Waals surface area contributed by atoms with Gasteiger partial charge in [-0.2, -0.15) is 23.4 Å². The zero-order chi connectivity index (χ0) is 45.7. The molecule has 9 heterocycles. The van der Waals surface area contributed by atoms with Crippen LogP contribution in [0.2, 0.25) is 0 Å². The number of anilines is 2. The molecule has 4 unspecified atom stereocenters. The Hall–Kier alpha value is -6.61. The highest BCUT2D eigenvalue weighted by Crippen LogP contribution is 2.40. The molecular weight excluding hydrogens is 890 g/mol. The Morgan fingerprint density at radius 3 is 2.00 bits per heavy atom. The van der Waals surface area contributed by atoms with Crippen molar-refractivity contribution >= 4 is 57.2 Å². The topological polar surface area (TPSA) is 191 Å². The van der Waals surface area contributed by atoms with Crippen LogP contribution in [0.1, 0.15) is 99.7 Å². The zero-order valence-corrected chi connectivity index (χ0v) is 37.9. The summed E-state index contributed by atoms with van der Waals surface area (Å²) in [6.45, 7) is 6.28. The van der Waals surface area contributed by atoms with Crippen LogP contribution >= 0.6 is 22.7 Å². The van der Waals surface area contributed by atoms with E-state index >= 15 is 0 Å². The number of rotatable bonds is 13. The Morgan fingerprint density at radius 2 is 1.39 bits per heavy atom. The minimum atomic E-state index is -4.26. The maximum absolute atomic E-state index is 14.5. The van der Waals surface area contributed by atoms with E-state index in [0.29, 0.717) is 46.2 Å². The van der Waals surface area contributed by atoms with Crippen LogP contribution in [-0.4, -0.2) is 86.3 Å². The average molecular weight is 937 g/mol. The number of aryl methyl sites for hydroxylation is 2. The molecule has 1 aliphatic carbocycles. The summed E-state index contributed by atoms with van der Waals surface area (Å²) < 4.78 is 44.9. The van der Waals surface area contributed by atoms with Gasteiger partial charge in [0.15, 0.2) is 11.3 Å². The number of imidazole rings is 2. The van der Waals surface area contributed by atoms with E-state index in [0.717, 1.165) is 55.8 Å². The van der Waals surface area contributed by atoms with E-state index in [1.54, 1.807) is 41.1 Å². The summed E-state index contributed by atoms with van der Waals surface area (Å²) in [6, 6.07) is 10.8. The van der Waals surface area contributed by atoms with E-state index in [1.165, 1.54) is 12.7 Å². The molecule has 0 aromatic carbocycles. The molecular formula is C45H47F3N14O2S2. The standard InChI is InChI=1S/C45H47F3N14O2S2/c1-24-4-8-37(65-24)35-18-49-41-33(16-28(20-61(35)41)43(63)55-26(3)39-51-22-53-58-39)56-31-7-6-27(14-31)15-32(40-52-23-54-59-40)57-44(64)29-17-34(60-12-10-30(11-13-60)45(46,47)48)42-50-19-36(62(42)21-29)38-9-5-25(2)66-38/h4-5,8-9,16-23,26-27,30-32,56H,6-7,10-15H2,1-3H3,(H,55,63)(H,57,64)(H,51,53,58)(H,52,54,59). The molecule has 8 aromatic rings. The van der Waals surface area contributed by atoms with E-state index in [2.05, 4.69) is 65.4 Å². The second kappa shape index (κ2) is 17.6. The number of aromatic nitrogens is 10. The number of halogens is 3. The number of hydrogen-bond donors (Lipinski definition) is 5. The molecule has 1 saturated heterocycles. The van der Waals surface area contributed by atoms with Gasteiger partial charge in [0.05, 0.1) is 74.0 Å². The van der Waals surface area contributed by atoms with Crippen molar-refractivity contribution in [1.82, 2.24) is 59.8 Å². The van der Waals surface area contributed by atoms with Gasteiger partial charge in [-0.1, -0.05) is 0 Å². The Kier molecular flexibility index (Phi) is 11.6. The van der Waals surface area contributed by atoms with E-state index < -0.39 is 24.2 Å². The van der Waals surface area contributed by atoms with Gasteiger partial charge in [-0.25, -0.2) is 19.9 Å². The van der Waals surface area contributed by atoms with Gasteiger partial charge in [-0.3, -0.25) is 28.6 Å². The number of H-pyrrole nitrogens is 2. The van der Waals surface area contributed by atoms with Crippen molar-refractivity contribution in [3.8, 4) is 21.1 Å². The summed E-state index contributed by atoms with van der Waals surface area (Å²) in [5.74, 6) is -0.771. The fourth-order valence-electron chi connectivity index (χ4n) is 9.31. The third kappa shape index (κ3) is 8.75. The smallest absolute Gasteiger partial charge is 0.379 e. The highest BCUT2D eigenvalue weighted by molar-refractivity contribution is 7.15. The van der Waals surface area contributed by atoms with E-state index in [9.17, 15) is 22.8 Å². The molecule has 0 radical (unpaired) electrons.